The molecule has 0 aromatic heterocycles. The van der Waals surface area contributed by atoms with Crippen molar-refractivity contribution >= 4 is 0 Å². The van der Waals surface area contributed by atoms with Crippen LogP contribution in [-0.4, -0.2) is 0 Å². The van der Waals surface area contributed by atoms with Crippen LogP contribution in [0.5, 0.6) is 0 Å². The van der Waals surface area contributed by atoms with E-state index in [2.05, 4.69) is 13.8 Å². The summed E-state index contributed by atoms with van der Waals surface area (Å²) in [5.41, 5.74) is 0. The van der Waals surface area contributed by atoms with Crippen LogP contribution < -0.4 is 0 Å². The van der Waals surface area contributed by atoms with Gasteiger partial charge >= 0.3 is 0 Å². The van der Waals surface area contributed by atoms with Crippen LogP contribution in [-0.2, 0) is 0 Å². The number of fused-ring (bicyclic) bond motifs is 1. The number of hydrogen-bond donors (Lipinski definition) is 0. The molecule has 0 aliphatic heterocycles. The molecule has 0 heteroatoms. The third kappa shape index (κ3) is 2.49. The van der Waals surface area contributed by atoms with Crippen LogP contribution in [0.3, 0.4) is 0 Å². The van der Waals surface area contributed by atoms with Crippen LogP contribution in [0, 0.1) is 35.5 Å². The quantitative estimate of drug-likeness (QED) is 0.561. The summed E-state index contributed by atoms with van der Waals surface area (Å²) in [6.07, 6.45) is 15.5. The van der Waals surface area contributed by atoms with Gasteiger partial charge in [-0.2, -0.15) is 0 Å². The van der Waals surface area contributed by atoms with E-state index in [-0.39, 0.29) is 0 Å². The Balaban J connectivity index is 1.60. The normalized spacial score (nSPS) is 46.7. The molecule has 0 heterocycles. The molecule has 0 saturated heterocycles. The minimum atomic E-state index is 0.998. The van der Waals surface area contributed by atoms with Crippen LogP contribution >= 0.6 is 0 Å². The van der Waals surface area contributed by atoms with Gasteiger partial charge in [0.1, 0.15) is 0 Å². The SMILES string of the molecule is CC1CCC2CC(C3CCCCC3)CCC2C1C. The molecule has 0 radical (unpaired) electrons. The second-order valence-corrected chi connectivity index (χ2v) is 7.81. The zero-order valence-electron chi connectivity index (χ0n) is 12.5. The maximum atomic E-state index is 2.54. The monoisotopic (exact) mass is 248 g/mol. The molecule has 104 valence electrons. The highest BCUT2D eigenvalue weighted by Crippen LogP contribution is 2.50. The second-order valence-electron chi connectivity index (χ2n) is 7.81. The fourth-order valence-electron chi connectivity index (χ4n) is 5.54. The van der Waals surface area contributed by atoms with Gasteiger partial charge in [0.05, 0.1) is 0 Å². The molecule has 0 spiro atoms. The lowest BCUT2D eigenvalue weighted by Crippen LogP contribution is -2.38. The van der Waals surface area contributed by atoms with Crippen LogP contribution in [0.4, 0.5) is 0 Å². The topological polar surface area (TPSA) is 0 Å². The van der Waals surface area contributed by atoms with E-state index < -0.39 is 0 Å². The average Bonchev–Trinajstić information content (AvgIpc) is 2.44. The van der Waals surface area contributed by atoms with Crippen molar-refractivity contribution in [3.63, 3.8) is 0 Å². The molecule has 5 atom stereocenters. The van der Waals surface area contributed by atoms with Crippen molar-refractivity contribution in [2.45, 2.75) is 78.1 Å². The highest BCUT2D eigenvalue weighted by atomic mass is 14.5. The fourth-order valence-corrected chi connectivity index (χ4v) is 5.54. The molecule has 0 aromatic rings. The zero-order valence-corrected chi connectivity index (χ0v) is 12.5. The van der Waals surface area contributed by atoms with Crippen molar-refractivity contribution in [2.75, 3.05) is 0 Å². The van der Waals surface area contributed by atoms with Gasteiger partial charge in [0.15, 0.2) is 0 Å². The lowest BCUT2D eigenvalue weighted by molar-refractivity contribution is 0.0289. The van der Waals surface area contributed by atoms with E-state index in [1.165, 1.54) is 25.7 Å². The zero-order chi connectivity index (χ0) is 12.5. The third-order valence-corrected chi connectivity index (χ3v) is 6.96. The second kappa shape index (κ2) is 5.55. The smallest absolute Gasteiger partial charge is 0.0357 e. The van der Waals surface area contributed by atoms with Gasteiger partial charge in [-0.3, -0.25) is 0 Å². The largest absolute Gasteiger partial charge is 0.0622 e. The van der Waals surface area contributed by atoms with Crippen molar-refractivity contribution in [2.24, 2.45) is 35.5 Å². The van der Waals surface area contributed by atoms with Gasteiger partial charge in [-0.05, 0) is 61.2 Å². The molecule has 0 nitrogen and oxygen atoms in total. The first-order chi connectivity index (χ1) is 8.75. The first-order valence-electron chi connectivity index (χ1n) is 8.75. The number of rotatable bonds is 1. The molecule has 0 bridgehead atoms. The number of hydrogen-bond acceptors (Lipinski definition) is 0. The lowest BCUT2D eigenvalue weighted by atomic mass is 9.58. The summed E-state index contributed by atoms with van der Waals surface area (Å²) in [5, 5.41) is 0. The Kier molecular flexibility index (Phi) is 4.01. The summed E-state index contributed by atoms with van der Waals surface area (Å²) in [4.78, 5) is 0. The van der Waals surface area contributed by atoms with Crippen molar-refractivity contribution in [1.29, 1.82) is 0 Å². The Bertz CT molecular complexity index is 263. The molecule has 0 aromatic carbocycles. The molecule has 18 heavy (non-hydrogen) atoms. The van der Waals surface area contributed by atoms with Gasteiger partial charge < -0.3 is 0 Å². The van der Waals surface area contributed by atoms with E-state index in [4.69, 9.17) is 0 Å². The summed E-state index contributed by atoms with van der Waals surface area (Å²) in [5.74, 6) is 6.44. The molecule has 0 N–H and O–H groups in total. The fraction of sp³-hybridized carbons (Fsp3) is 1.00. The van der Waals surface area contributed by atoms with Crippen molar-refractivity contribution in [3.8, 4) is 0 Å². The van der Waals surface area contributed by atoms with E-state index in [0.29, 0.717) is 0 Å². The standard InChI is InChI=1S/C18H32/c1-13-8-9-17-12-16(10-11-18(17)14(13)2)15-6-4-3-5-7-15/h13-18H,3-12H2,1-2H3. The molecule has 3 fully saturated rings. The molecule has 3 aliphatic rings. The van der Waals surface area contributed by atoms with Gasteiger partial charge in [-0.1, -0.05) is 52.4 Å². The van der Waals surface area contributed by atoms with Gasteiger partial charge in [0.25, 0.3) is 0 Å². The molecule has 3 saturated carbocycles. The summed E-state index contributed by atoms with van der Waals surface area (Å²) in [6, 6.07) is 0. The Morgan fingerprint density at radius 1 is 0.611 bits per heavy atom. The lowest BCUT2D eigenvalue weighted by Gasteiger charge is -2.47. The van der Waals surface area contributed by atoms with Gasteiger partial charge in [0, 0.05) is 0 Å². The minimum absolute atomic E-state index is 0.998. The van der Waals surface area contributed by atoms with Crippen LogP contribution in [0.1, 0.15) is 78.1 Å². The molecule has 3 rings (SSSR count). The summed E-state index contributed by atoms with van der Waals surface area (Å²) >= 11 is 0. The van der Waals surface area contributed by atoms with E-state index in [9.17, 15) is 0 Å². The third-order valence-electron chi connectivity index (χ3n) is 6.96. The van der Waals surface area contributed by atoms with Gasteiger partial charge in [0.2, 0.25) is 0 Å². The van der Waals surface area contributed by atoms with Crippen molar-refractivity contribution < 1.29 is 0 Å². The first kappa shape index (κ1) is 13.0. The maximum absolute atomic E-state index is 2.54. The first-order valence-corrected chi connectivity index (χ1v) is 8.75. The van der Waals surface area contributed by atoms with E-state index in [1.807, 2.05) is 0 Å². The van der Waals surface area contributed by atoms with E-state index >= 15 is 0 Å². The van der Waals surface area contributed by atoms with Crippen LogP contribution in [0.2, 0.25) is 0 Å². The summed E-state index contributed by atoms with van der Waals surface area (Å²) in [6.45, 7) is 5.04. The van der Waals surface area contributed by atoms with Gasteiger partial charge in [-0.25, -0.2) is 0 Å². The molecule has 3 aliphatic carbocycles. The molecule has 0 amide bonds. The van der Waals surface area contributed by atoms with Crippen molar-refractivity contribution in [3.05, 3.63) is 0 Å². The highest BCUT2D eigenvalue weighted by Gasteiger charge is 2.40. The highest BCUT2D eigenvalue weighted by molar-refractivity contribution is 4.90. The molecular weight excluding hydrogens is 216 g/mol. The van der Waals surface area contributed by atoms with Gasteiger partial charge in [-0.15, -0.1) is 0 Å². The predicted octanol–water partition coefficient (Wildman–Crippen LogP) is 5.67. The maximum Gasteiger partial charge on any atom is -0.0357 e. The van der Waals surface area contributed by atoms with E-state index in [0.717, 1.165) is 35.5 Å². The van der Waals surface area contributed by atoms with Crippen molar-refractivity contribution in [1.82, 2.24) is 0 Å². The van der Waals surface area contributed by atoms with Crippen LogP contribution in [0.15, 0.2) is 0 Å². The Morgan fingerprint density at radius 2 is 1.33 bits per heavy atom. The van der Waals surface area contributed by atoms with E-state index in [1.54, 1.807) is 38.5 Å². The Morgan fingerprint density at radius 3 is 2.11 bits per heavy atom. The predicted molar refractivity (Wildman–Crippen MR) is 78.5 cm³/mol. The summed E-state index contributed by atoms with van der Waals surface area (Å²) in [7, 11) is 0. The summed E-state index contributed by atoms with van der Waals surface area (Å²) < 4.78 is 0. The average molecular weight is 248 g/mol. The Hall–Kier alpha value is 0. The Labute approximate surface area is 114 Å². The van der Waals surface area contributed by atoms with Crippen LogP contribution in [0.25, 0.3) is 0 Å². The molecule has 5 unspecified atom stereocenters. The molecular formula is C18H32. The minimum Gasteiger partial charge on any atom is -0.0622 e.